The zero-order chi connectivity index (χ0) is 12.6. The van der Waals surface area contributed by atoms with Crippen molar-refractivity contribution in [3.8, 4) is 0 Å². The third-order valence-electron chi connectivity index (χ3n) is 4.09. The first kappa shape index (κ1) is 14.2. The van der Waals surface area contributed by atoms with Crippen LogP contribution in [0.1, 0.15) is 44.9 Å². The Bertz CT molecular complexity index is 248. The molecule has 1 saturated carbocycles. The van der Waals surface area contributed by atoms with Gasteiger partial charge in [-0.25, -0.2) is 0 Å². The highest BCUT2D eigenvalue weighted by Crippen LogP contribution is 2.26. The lowest BCUT2D eigenvalue weighted by molar-refractivity contribution is -0.118. The molecule has 104 valence electrons. The van der Waals surface area contributed by atoms with Crippen molar-refractivity contribution < 1.29 is 4.79 Å². The third-order valence-corrected chi connectivity index (χ3v) is 5.46. The number of thioether (sulfide) groups is 1. The van der Waals surface area contributed by atoms with Gasteiger partial charge in [0.1, 0.15) is 0 Å². The summed E-state index contributed by atoms with van der Waals surface area (Å²) in [5.74, 6) is 1.76. The second kappa shape index (κ2) is 8.05. The van der Waals surface area contributed by atoms with E-state index in [0.29, 0.717) is 11.0 Å². The summed E-state index contributed by atoms with van der Waals surface area (Å²) in [5.41, 5.74) is 0. The second-order valence-electron chi connectivity index (χ2n) is 5.55. The molecular weight excluding hydrogens is 244 g/mol. The molecule has 0 bridgehead atoms. The number of amides is 1. The van der Waals surface area contributed by atoms with E-state index in [2.05, 4.69) is 10.6 Å². The van der Waals surface area contributed by atoms with Crippen molar-refractivity contribution in [2.75, 3.05) is 25.4 Å². The van der Waals surface area contributed by atoms with Crippen molar-refractivity contribution in [3.05, 3.63) is 0 Å². The van der Waals surface area contributed by atoms with Gasteiger partial charge in [0.25, 0.3) is 0 Å². The molecule has 2 aliphatic rings. The fraction of sp³-hybridized carbons (Fsp3) is 0.929. The predicted octanol–water partition coefficient (Wildman–Crippen LogP) is 2.17. The van der Waals surface area contributed by atoms with E-state index < -0.39 is 0 Å². The lowest BCUT2D eigenvalue weighted by Crippen LogP contribution is -2.32. The Kier molecular flexibility index (Phi) is 6.35. The average molecular weight is 270 g/mol. The van der Waals surface area contributed by atoms with Crippen LogP contribution in [0.4, 0.5) is 0 Å². The van der Waals surface area contributed by atoms with Gasteiger partial charge in [-0.2, -0.15) is 0 Å². The summed E-state index contributed by atoms with van der Waals surface area (Å²) in [7, 11) is 0. The van der Waals surface area contributed by atoms with Crippen molar-refractivity contribution in [1.29, 1.82) is 0 Å². The molecule has 2 N–H and O–H groups in total. The molecule has 3 nitrogen and oxygen atoms in total. The van der Waals surface area contributed by atoms with Crippen LogP contribution in [0.25, 0.3) is 0 Å². The maximum atomic E-state index is 11.7. The van der Waals surface area contributed by atoms with Crippen LogP contribution in [-0.2, 0) is 4.79 Å². The topological polar surface area (TPSA) is 41.1 Å². The summed E-state index contributed by atoms with van der Waals surface area (Å²) in [6.07, 6.45) is 9.14. The Morgan fingerprint density at radius 3 is 2.61 bits per heavy atom. The standard InChI is InChI=1S/C14H26N2OS/c17-14(11-18-13-6-8-15-9-7-13)16-10-5-12-3-1-2-4-12/h12-13,15H,1-11H2,(H,16,17). The molecule has 0 aromatic rings. The molecule has 0 unspecified atom stereocenters. The van der Waals surface area contributed by atoms with E-state index in [0.717, 1.165) is 25.6 Å². The normalized spacial score (nSPS) is 22.2. The van der Waals surface area contributed by atoms with Gasteiger partial charge in [0.05, 0.1) is 5.75 Å². The minimum Gasteiger partial charge on any atom is -0.355 e. The van der Waals surface area contributed by atoms with Crippen LogP contribution in [0, 0.1) is 5.92 Å². The zero-order valence-corrected chi connectivity index (χ0v) is 12.1. The molecular formula is C14H26N2OS. The molecule has 1 amide bonds. The minimum absolute atomic E-state index is 0.233. The lowest BCUT2D eigenvalue weighted by Gasteiger charge is -2.21. The van der Waals surface area contributed by atoms with Crippen LogP contribution >= 0.6 is 11.8 Å². The van der Waals surface area contributed by atoms with Crippen molar-refractivity contribution in [1.82, 2.24) is 10.6 Å². The highest BCUT2D eigenvalue weighted by Gasteiger charge is 2.16. The number of hydrogen-bond donors (Lipinski definition) is 2. The minimum atomic E-state index is 0.233. The average Bonchev–Trinajstić information content (AvgIpc) is 2.91. The van der Waals surface area contributed by atoms with Crippen molar-refractivity contribution in [2.45, 2.75) is 50.2 Å². The van der Waals surface area contributed by atoms with E-state index in [1.54, 1.807) is 0 Å². The zero-order valence-electron chi connectivity index (χ0n) is 11.2. The van der Waals surface area contributed by atoms with Gasteiger partial charge in [0.2, 0.25) is 5.91 Å². The summed E-state index contributed by atoms with van der Waals surface area (Å²) in [6.45, 7) is 3.11. The van der Waals surface area contributed by atoms with E-state index in [1.165, 1.54) is 44.9 Å². The van der Waals surface area contributed by atoms with E-state index >= 15 is 0 Å². The first-order valence-corrected chi connectivity index (χ1v) is 8.48. The molecule has 0 aromatic carbocycles. The highest BCUT2D eigenvalue weighted by molar-refractivity contribution is 8.00. The molecule has 1 aliphatic carbocycles. The van der Waals surface area contributed by atoms with E-state index in [4.69, 9.17) is 0 Å². The molecule has 0 radical (unpaired) electrons. The van der Waals surface area contributed by atoms with Gasteiger partial charge >= 0.3 is 0 Å². The van der Waals surface area contributed by atoms with Gasteiger partial charge in [-0.1, -0.05) is 25.7 Å². The van der Waals surface area contributed by atoms with Crippen LogP contribution < -0.4 is 10.6 Å². The third kappa shape index (κ3) is 5.19. The maximum Gasteiger partial charge on any atom is 0.230 e. The van der Waals surface area contributed by atoms with Gasteiger partial charge < -0.3 is 10.6 Å². The highest BCUT2D eigenvalue weighted by atomic mass is 32.2. The number of hydrogen-bond acceptors (Lipinski definition) is 3. The maximum absolute atomic E-state index is 11.7. The molecule has 0 spiro atoms. The predicted molar refractivity (Wildman–Crippen MR) is 77.9 cm³/mol. The molecule has 1 heterocycles. The first-order valence-electron chi connectivity index (χ1n) is 7.43. The van der Waals surface area contributed by atoms with E-state index in [1.807, 2.05) is 11.8 Å². The summed E-state index contributed by atoms with van der Waals surface area (Å²) in [5, 5.41) is 7.11. The second-order valence-corrected chi connectivity index (χ2v) is 6.84. The van der Waals surface area contributed by atoms with E-state index in [9.17, 15) is 4.79 Å². The SMILES string of the molecule is O=C(CSC1CCNCC1)NCCC1CCCC1. The fourth-order valence-corrected chi connectivity index (χ4v) is 3.98. The smallest absolute Gasteiger partial charge is 0.230 e. The van der Waals surface area contributed by atoms with Gasteiger partial charge in [-0.15, -0.1) is 11.8 Å². The van der Waals surface area contributed by atoms with Crippen LogP contribution in [0.15, 0.2) is 0 Å². The van der Waals surface area contributed by atoms with Crippen molar-refractivity contribution in [2.24, 2.45) is 5.92 Å². The largest absolute Gasteiger partial charge is 0.355 e. The Morgan fingerprint density at radius 2 is 1.89 bits per heavy atom. The van der Waals surface area contributed by atoms with Crippen LogP contribution in [-0.4, -0.2) is 36.5 Å². The lowest BCUT2D eigenvalue weighted by atomic mass is 10.0. The molecule has 1 aliphatic heterocycles. The van der Waals surface area contributed by atoms with Gasteiger partial charge in [-0.05, 0) is 38.3 Å². The Hall–Kier alpha value is -0.220. The van der Waals surface area contributed by atoms with Crippen molar-refractivity contribution in [3.63, 3.8) is 0 Å². The number of piperidine rings is 1. The molecule has 18 heavy (non-hydrogen) atoms. The summed E-state index contributed by atoms with van der Waals surface area (Å²) in [6, 6.07) is 0. The molecule has 0 atom stereocenters. The van der Waals surface area contributed by atoms with Crippen LogP contribution in [0.5, 0.6) is 0 Å². The quantitative estimate of drug-likeness (QED) is 0.777. The fourth-order valence-electron chi connectivity index (χ4n) is 2.92. The van der Waals surface area contributed by atoms with Crippen molar-refractivity contribution >= 4 is 17.7 Å². The monoisotopic (exact) mass is 270 g/mol. The Morgan fingerprint density at radius 1 is 1.17 bits per heavy atom. The number of carbonyl (C=O) groups is 1. The molecule has 0 aromatic heterocycles. The van der Waals surface area contributed by atoms with Crippen LogP contribution in [0.2, 0.25) is 0 Å². The Balaban J connectivity index is 1.49. The number of rotatable bonds is 6. The number of carbonyl (C=O) groups excluding carboxylic acids is 1. The Labute approximate surface area is 115 Å². The first-order chi connectivity index (χ1) is 8.84. The summed E-state index contributed by atoms with van der Waals surface area (Å²) >= 11 is 1.84. The summed E-state index contributed by atoms with van der Waals surface area (Å²) < 4.78 is 0. The van der Waals surface area contributed by atoms with Crippen LogP contribution in [0.3, 0.4) is 0 Å². The molecule has 4 heteroatoms. The van der Waals surface area contributed by atoms with Gasteiger partial charge in [-0.3, -0.25) is 4.79 Å². The number of nitrogens with one attached hydrogen (secondary N) is 2. The molecule has 1 saturated heterocycles. The van der Waals surface area contributed by atoms with E-state index in [-0.39, 0.29) is 5.91 Å². The van der Waals surface area contributed by atoms with Gasteiger partial charge in [0, 0.05) is 11.8 Å². The molecule has 2 rings (SSSR count). The molecule has 2 fully saturated rings. The van der Waals surface area contributed by atoms with Gasteiger partial charge in [0.15, 0.2) is 0 Å². The summed E-state index contributed by atoms with van der Waals surface area (Å²) in [4.78, 5) is 11.7.